The number of likely N-dealkylation sites (N-methyl/N-ethyl adjacent to an activating group) is 1. The van der Waals surface area contributed by atoms with E-state index in [9.17, 15) is 0 Å². The standard InChI is InChI=1S/C21H33N3O.C3H8.C2H6O.CH2O2/c1-22(2)13-12-16-15-24(18-8-6-17(7-9-18)23(3)4)21-11-10-19(25-5)14-20(16)21;2*1-3-2;2-1-3/h10-11,14-15,17-18H,6-9,12-13H2,1-5H3;3H2,1-2H3;1-2H3;1H,(H,2,3). The van der Waals surface area contributed by atoms with E-state index in [2.05, 4.69) is 85.5 Å². The number of hydrogen-bond acceptors (Lipinski definition) is 5. The molecule has 1 N–H and O–H groups in total. The van der Waals surface area contributed by atoms with Gasteiger partial charge in [-0.1, -0.05) is 20.3 Å². The van der Waals surface area contributed by atoms with E-state index in [1.54, 1.807) is 21.3 Å². The second-order valence-corrected chi connectivity index (χ2v) is 9.14. The molecule has 1 aliphatic carbocycles. The smallest absolute Gasteiger partial charge is 0.290 e. The zero-order valence-corrected chi connectivity index (χ0v) is 23.0. The van der Waals surface area contributed by atoms with Gasteiger partial charge < -0.3 is 28.9 Å². The number of hydrogen-bond donors (Lipinski definition) is 1. The Bertz CT molecular complexity index is 780. The number of aromatic nitrogens is 1. The highest BCUT2D eigenvalue weighted by atomic mass is 16.5. The predicted octanol–water partition coefficient (Wildman–Crippen LogP) is 5.18. The summed E-state index contributed by atoms with van der Waals surface area (Å²) in [5.74, 6) is 0.952. The summed E-state index contributed by atoms with van der Waals surface area (Å²) >= 11 is 0. The highest BCUT2D eigenvalue weighted by Gasteiger charge is 2.25. The average molecular weight is 480 g/mol. The average Bonchev–Trinajstić information content (AvgIpc) is 3.17. The van der Waals surface area contributed by atoms with E-state index in [1.165, 1.54) is 48.6 Å². The number of rotatable bonds is 6. The van der Waals surface area contributed by atoms with Crippen molar-refractivity contribution in [3.8, 4) is 5.75 Å². The summed E-state index contributed by atoms with van der Waals surface area (Å²) in [7, 11) is 13.7. The van der Waals surface area contributed by atoms with Crippen LogP contribution in [0.4, 0.5) is 0 Å². The van der Waals surface area contributed by atoms with Crippen molar-refractivity contribution in [3.63, 3.8) is 0 Å². The van der Waals surface area contributed by atoms with Gasteiger partial charge in [0, 0.05) is 49.9 Å². The Morgan fingerprint density at radius 2 is 1.59 bits per heavy atom. The second-order valence-electron chi connectivity index (χ2n) is 9.14. The van der Waals surface area contributed by atoms with Crippen molar-refractivity contribution in [1.82, 2.24) is 14.4 Å². The van der Waals surface area contributed by atoms with E-state index in [4.69, 9.17) is 14.6 Å². The second kappa shape index (κ2) is 18.3. The molecule has 0 amide bonds. The number of carbonyl (C=O) groups is 1. The van der Waals surface area contributed by atoms with Crippen LogP contribution in [0, 0.1) is 0 Å². The normalized spacial score (nSPS) is 17.1. The van der Waals surface area contributed by atoms with E-state index >= 15 is 0 Å². The van der Waals surface area contributed by atoms with Crippen molar-refractivity contribution >= 4 is 17.4 Å². The van der Waals surface area contributed by atoms with Gasteiger partial charge in [0.2, 0.25) is 0 Å². The molecule has 0 saturated heterocycles. The van der Waals surface area contributed by atoms with E-state index in [1.807, 2.05) is 0 Å². The van der Waals surface area contributed by atoms with Crippen LogP contribution in [-0.2, 0) is 16.0 Å². The zero-order chi connectivity index (χ0) is 26.1. The fourth-order valence-corrected chi connectivity index (χ4v) is 4.13. The molecule has 2 aromatic rings. The van der Waals surface area contributed by atoms with Crippen LogP contribution in [0.3, 0.4) is 0 Å². The molecule has 0 spiro atoms. The number of benzene rings is 1. The largest absolute Gasteiger partial charge is 0.497 e. The lowest BCUT2D eigenvalue weighted by Gasteiger charge is -2.33. The van der Waals surface area contributed by atoms with Crippen LogP contribution in [0.1, 0.15) is 57.6 Å². The molecular weight excluding hydrogens is 430 g/mol. The molecule has 1 fully saturated rings. The third kappa shape index (κ3) is 10.9. The fourth-order valence-electron chi connectivity index (χ4n) is 4.13. The van der Waals surface area contributed by atoms with E-state index in [0.29, 0.717) is 6.04 Å². The first-order valence-corrected chi connectivity index (χ1v) is 12.2. The molecule has 7 heteroatoms. The minimum Gasteiger partial charge on any atom is -0.497 e. The molecule has 0 radical (unpaired) electrons. The van der Waals surface area contributed by atoms with Crippen molar-refractivity contribution in [3.05, 3.63) is 30.0 Å². The first-order valence-electron chi connectivity index (χ1n) is 12.2. The highest BCUT2D eigenvalue weighted by Crippen LogP contribution is 2.35. The van der Waals surface area contributed by atoms with Crippen LogP contribution in [0.5, 0.6) is 5.75 Å². The number of methoxy groups -OCH3 is 2. The molecule has 0 atom stereocenters. The summed E-state index contributed by atoms with van der Waals surface area (Å²) in [5.41, 5.74) is 2.81. The predicted molar refractivity (Wildman–Crippen MR) is 143 cm³/mol. The fraction of sp³-hybridized carbons (Fsp3) is 0.667. The minimum absolute atomic E-state index is 0.250. The van der Waals surface area contributed by atoms with Crippen LogP contribution >= 0.6 is 0 Å². The topological polar surface area (TPSA) is 67.2 Å². The monoisotopic (exact) mass is 479 g/mol. The lowest BCUT2D eigenvalue weighted by Crippen LogP contribution is -2.32. The maximum absolute atomic E-state index is 8.36. The lowest BCUT2D eigenvalue weighted by molar-refractivity contribution is -0.122. The number of fused-ring (bicyclic) bond motifs is 1. The summed E-state index contributed by atoms with van der Waals surface area (Å²) < 4.78 is 12.3. The molecule has 0 unspecified atom stereocenters. The summed E-state index contributed by atoms with van der Waals surface area (Å²) in [5, 5.41) is 8.25. The Morgan fingerprint density at radius 1 is 1.06 bits per heavy atom. The van der Waals surface area contributed by atoms with Crippen molar-refractivity contribution < 1.29 is 19.4 Å². The maximum Gasteiger partial charge on any atom is 0.290 e. The summed E-state index contributed by atoms with van der Waals surface area (Å²) in [6.07, 6.45) is 9.86. The van der Waals surface area contributed by atoms with E-state index in [-0.39, 0.29) is 6.47 Å². The van der Waals surface area contributed by atoms with Crippen molar-refractivity contribution in [1.29, 1.82) is 0 Å². The van der Waals surface area contributed by atoms with Gasteiger partial charge in [0.15, 0.2) is 0 Å². The lowest BCUT2D eigenvalue weighted by atomic mass is 9.90. The van der Waals surface area contributed by atoms with Gasteiger partial charge in [-0.25, -0.2) is 0 Å². The first-order chi connectivity index (χ1) is 16.2. The third-order valence-corrected chi connectivity index (χ3v) is 5.74. The zero-order valence-electron chi connectivity index (χ0n) is 23.0. The van der Waals surface area contributed by atoms with Crippen LogP contribution in [-0.4, -0.2) is 88.1 Å². The van der Waals surface area contributed by atoms with Gasteiger partial charge in [-0.2, -0.15) is 0 Å². The molecule has 3 rings (SSSR count). The van der Waals surface area contributed by atoms with E-state index < -0.39 is 0 Å². The van der Waals surface area contributed by atoms with Crippen molar-refractivity contribution in [2.24, 2.45) is 0 Å². The Morgan fingerprint density at radius 3 is 2.03 bits per heavy atom. The van der Waals surface area contributed by atoms with Crippen LogP contribution in [0.2, 0.25) is 0 Å². The Hall–Kier alpha value is -2.09. The maximum atomic E-state index is 8.36. The molecule has 1 heterocycles. The quantitative estimate of drug-likeness (QED) is 0.576. The molecule has 1 saturated carbocycles. The van der Waals surface area contributed by atoms with Gasteiger partial charge in [0.1, 0.15) is 5.75 Å². The van der Waals surface area contributed by atoms with Gasteiger partial charge in [-0.05, 0) is 84.1 Å². The molecule has 1 aromatic heterocycles. The summed E-state index contributed by atoms with van der Waals surface area (Å²) in [6, 6.07) is 7.92. The van der Waals surface area contributed by atoms with Gasteiger partial charge in [-0.3, -0.25) is 4.79 Å². The molecule has 34 heavy (non-hydrogen) atoms. The number of carboxylic acid groups (broad SMARTS) is 1. The number of nitrogens with zero attached hydrogens (tertiary/aromatic N) is 3. The van der Waals surface area contributed by atoms with Crippen LogP contribution in [0.15, 0.2) is 24.4 Å². The molecule has 1 aromatic carbocycles. The Balaban J connectivity index is 0.00000105. The van der Waals surface area contributed by atoms with Gasteiger partial charge in [0.05, 0.1) is 7.11 Å². The summed E-state index contributed by atoms with van der Waals surface area (Å²) in [4.78, 5) is 13.0. The minimum atomic E-state index is -0.250. The summed E-state index contributed by atoms with van der Waals surface area (Å²) in [6.45, 7) is 5.07. The van der Waals surface area contributed by atoms with Gasteiger partial charge >= 0.3 is 0 Å². The van der Waals surface area contributed by atoms with Crippen molar-refractivity contribution in [2.45, 2.75) is 64.5 Å². The van der Waals surface area contributed by atoms with Gasteiger partial charge in [-0.15, -0.1) is 0 Å². The molecule has 196 valence electrons. The van der Waals surface area contributed by atoms with Crippen LogP contribution in [0.25, 0.3) is 10.9 Å². The van der Waals surface area contributed by atoms with Crippen molar-refractivity contribution in [2.75, 3.05) is 56.1 Å². The Labute approximate surface area is 207 Å². The number of ether oxygens (including phenoxy) is 2. The molecule has 7 nitrogen and oxygen atoms in total. The van der Waals surface area contributed by atoms with E-state index in [0.717, 1.165) is 24.8 Å². The molecule has 1 aliphatic rings. The SMILES string of the molecule is CCC.COC.COc1ccc2c(c1)c(CCN(C)C)cn2C1CCC(N(C)C)CC1.O=CO. The highest BCUT2D eigenvalue weighted by molar-refractivity contribution is 5.85. The third-order valence-electron chi connectivity index (χ3n) is 5.74. The van der Waals surface area contributed by atoms with Gasteiger partial charge in [0.25, 0.3) is 6.47 Å². The Kier molecular flexibility index (Phi) is 17.1. The molecule has 0 aliphatic heterocycles. The molecular formula is C27H49N3O4. The first kappa shape index (κ1) is 31.9. The van der Waals surface area contributed by atoms with Crippen LogP contribution < -0.4 is 4.74 Å². The molecule has 0 bridgehead atoms.